The van der Waals surface area contributed by atoms with E-state index >= 15 is 0 Å². The number of hydrogen-bond donors (Lipinski definition) is 2. The zero-order valence-electron chi connectivity index (χ0n) is 12.2. The van der Waals surface area contributed by atoms with Crippen LogP contribution in [-0.4, -0.2) is 39.3 Å². The molecule has 0 spiro atoms. The largest absolute Gasteiger partial charge is 0.383 e. The van der Waals surface area contributed by atoms with E-state index in [-0.39, 0.29) is 0 Å². The maximum atomic E-state index is 4.99. The summed E-state index contributed by atoms with van der Waals surface area (Å²) in [5.41, 5.74) is 2.65. The van der Waals surface area contributed by atoms with Crippen molar-refractivity contribution in [1.29, 1.82) is 0 Å². The number of hydrogen-bond acceptors (Lipinski definition) is 2. The van der Waals surface area contributed by atoms with Crippen LogP contribution in [-0.2, 0) is 11.2 Å². The average Bonchev–Trinajstić information content (AvgIpc) is 2.39. The monoisotopic (exact) mass is 263 g/mol. The van der Waals surface area contributed by atoms with E-state index in [9.17, 15) is 0 Å². The molecular weight excluding hydrogens is 238 g/mol. The summed E-state index contributed by atoms with van der Waals surface area (Å²) in [6.07, 6.45) is 0.996. The van der Waals surface area contributed by atoms with Gasteiger partial charge in [0.05, 0.1) is 13.2 Å². The van der Waals surface area contributed by atoms with Gasteiger partial charge in [-0.05, 0) is 25.8 Å². The Bertz CT molecular complexity index is 391. The first-order valence-corrected chi connectivity index (χ1v) is 6.83. The van der Waals surface area contributed by atoms with Crippen molar-refractivity contribution in [2.24, 2.45) is 4.99 Å². The fourth-order valence-corrected chi connectivity index (χ4v) is 1.78. The smallest absolute Gasteiger partial charge is 0.191 e. The third-order valence-corrected chi connectivity index (χ3v) is 2.70. The van der Waals surface area contributed by atoms with Gasteiger partial charge in [-0.15, -0.1) is 0 Å². The SMILES string of the molecule is CCNC(=NCCOC)NCCc1cccc(C)c1. The van der Waals surface area contributed by atoms with E-state index in [1.54, 1.807) is 7.11 Å². The molecule has 0 heterocycles. The lowest BCUT2D eigenvalue weighted by atomic mass is 10.1. The molecule has 1 aromatic carbocycles. The molecule has 0 aliphatic heterocycles. The number of guanidine groups is 1. The molecule has 0 aromatic heterocycles. The topological polar surface area (TPSA) is 45.7 Å². The van der Waals surface area contributed by atoms with Gasteiger partial charge in [-0.25, -0.2) is 0 Å². The van der Waals surface area contributed by atoms with Crippen molar-refractivity contribution in [2.75, 3.05) is 33.4 Å². The lowest BCUT2D eigenvalue weighted by Gasteiger charge is -2.11. The Labute approximate surface area is 116 Å². The molecule has 0 saturated heterocycles. The number of aliphatic imine (C=N–C) groups is 1. The van der Waals surface area contributed by atoms with Crippen LogP contribution in [0, 0.1) is 6.92 Å². The molecule has 0 saturated carbocycles. The summed E-state index contributed by atoms with van der Waals surface area (Å²) in [5.74, 6) is 0.854. The number of ether oxygens (including phenoxy) is 1. The van der Waals surface area contributed by atoms with Crippen molar-refractivity contribution < 1.29 is 4.74 Å². The van der Waals surface area contributed by atoms with Gasteiger partial charge >= 0.3 is 0 Å². The summed E-state index contributed by atoms with van der Waals surface area (Å²) >= 11 is 0. The Hall–Kier alpha value is -1.55. The van der Waals surface area contributed by atoms with E-state index in [4.69, 9.17) is 4.74 Å². The Balaban J connectivity index is 2.37. The minimum absolute atomic E-state index is 0.647. The summed E-state index contributed by atoms with van der Waals surface area (Å²) in [6, 6.07) is 8.59. The highest BCUT2D eigenvalue weighted by molar-refractivity contribution is 5.79. The maximum absolute atomic E-state index is 4.99. The van der Waals surface area contributed by atoms with Crippen LogP contribution < -0.4 is 10.6 Å². The molecule has 19 heavy (non-hydrogen) atoms. The number of aryl methyl sites for hydroxylation is 1. The number of nitrogens with one attached hydrogen (secondary N) is 2. The molecule has 4 heteroatoms. The molecule has 0 bridgehead atoms. The lowest BCUT2D eigenvalue weighted by Crippen LogP contribution is -2.38. The van der Waals surface area contributed by atoms with Gasteiger partial charge in [0.1, 0.15) is 0 Å². The molecule has 0 unspecified atom stereocenters. The predicted octanol–water partition coefficient (Wildman–Crippen LogP) is 1.74. The van der Waals surface area contributed by atoms with Crippen LogP contribution >= 0.6 is 0 Å². The molecule has 4 nitrogen and oxygen atoms in total. The lowest BCUT2D eigenvalue weighted by molar-refractivity contribution is 0.208. The molecule has 0 aliphatic rings. The Morgan fingerprint density at radius 3 is 2.84 bits per heavy atom. The van der Waals surface area contributed by atoms with Crippen LogP contribution in [0.4, 0.5) is 0 Å². The molecule has 1 aromatic rings. The summed E-state index contributed by atoms with van der Waals surface area (Å²) in [6.45, 7) is 7.25. The average molecular weight is 263 g/mol. The summed E-state index contributed by atoms with van der Waals surface area (Å²) in [5, 5.41) is 6.55. The van der Waals surface area contributed by atoms with E-state index in [2.05, 4.69) is 53.7 Å². The molecule has 0 aliphatic carbocycles. The van der Waals surface area contributed by atoms with Gasteiger partial charge in [0, 0.05) is 20.2 Å². The van der Waals surface area contributed by atoms with Gasteiger partial charge in [0.2, 0.25) is 0 Å². The molecule has 0 amide bonds. The van der Waals surface area contributed by atoms with E-state index in [1.165, 1.54) is 11.1 Å². The molecule has 0 radical (unpaired) electrons. The van der Waals surface area contributed by atoms with Crippen LogP contribution in [0.2, 0.25) is 0 Å². The van der Waals surface area contributed by atoms with Gasteiger partial charge in [0.15, 0.2) is 5.96 Å². The first-order valence-electron chi connectivity index (χ1n) is 6.83. The van der Waals surface area contributed by atoms with Crippen LogP contribution in [0.3, 0.4) is 0 Å². The Morgan fingerprint density at radius 1 is 1.32 bits per heavy atom. The van der Waals surface area contributed by atoms with Crippen molar-refractivity contribution >= 4 is 5.96 Å². The number of methoxy groups -OCH3 is 1. The van der Waals surface area contributed by atoms with Crippen LogP contribution in [0.25, 0.3) is 0 Å². The second-order valence-electron chi connectivity index (χ2n) is 4.42. The summed E-state index contributed by atoms with van der Waals surface area (Å²) in [4.78, 5) is 4.42. The third kappa shape index (κ3) is 6.82. The number of benzene rings is 1. The van der Waals surface area contributed by atoms with Gasteiger partial charge in [0.25, 0.3) is 0 Å². The fourth-order valence-electron chi connectivity index (χ4n) is 1.78. The molecule has 106 valence electrons. The fraction of sp³-hybridized carbons (Fsp3) is 0.533. The van der Waals surface area contributed by atoms with Gasteiger partial charge in [-0.1, -0.05) is 29.8 Å². The Morgan fingerprint density at radius 2 is 2.16 bits per heavy atom. The van der Waals surface area contributed by atoms with Crippen LogP contribution in [0.5, 0.6) is 0 Å². The zero-order chi connectivity index (χ0) is 13.9. The molecule has 2 N–H and O–H groups in total. The molecule has 0 fully saturated rings. The Kier molecular flexibility index (Phi) is 7.66. The van der Waals surface area contributed by atoms with E-state index < -0.39 is 0 Å². The second-order valence-corrected chi connectivity index (χ2v) is 4.42. The third-order valence-electron chi connectivity index (χ3n) is 2.70. The van der Waals surface area contributed by atoms with Crippen molar-refractivity contribution in [3.8, 4) is 0 Å². The molecular formula is C15H25N3O. The van der Waals surface area contributed by atoms with Gasteiger partial charge < -0.3 is 15.4 Å². The quantitative estimate of drug-likeness (QED) is 0.447. The highest BCUT2D eigenvalue weighted by Gasteiger charge is 1.97. The highest BCUT2D eigenvalue weighted by Crippen LogP contribution is 2.03. The first kappa shape index (κ1) is 15.5. The van der Waals surface area contributed by atoms with Gasteiger partial charge in [-0.2, -0.15) is 0 Å². The van der Waals surface area contributed by atoms with Crippen molar-refractivity contribution in [3.05, 3.63) is 35.4 Å². The van der Waals surface area contributed by atoms with E-state index in [0.717, 1.165) is 25.5 Å². The predicted molar refractivity (Wildman–Crippen MR) is 80.7 cm³/mol. The number of rotatable bonds is 7. The molecule has 0 atom stereocenters. The minimum atomic E-state index is 0.647. The summed E-state index contributed by atoms with van der Waals surface area (Å²) < 4.78 is 4.99. The van der Waals surface area contributed by atoms with Crippen molar-refractivity contribution in [1.82, 2.24) is 10.6 Å². The maximum Gasteiger partial charge on any atom is 0.191 e. The standard InChI is InChI=1S/C15H25N3O/c1-4-16-15(18-10-11-19-3)17-9-8-14-7-5-6-13(2)12-14/h5-7,12H,4,8-11H2,1-3H3,(H2,16,17,18). The second kappa shape index (κ2) is 9.39. The van der Waals surface area contributed by atoms with E-state index in [1.807, 2.05) is 0 Å². The number of nitrogens with zero attached hydrogens (tertiary/aromatic N) is 1. The van der Waals surface area contributed by atoms with Crippen molar-refractivity contribution in [3.63, 3.8) is 0 Å². The normalized spacial score (nSPS) is 11.4. The molecule has 1 rings (SSSR count). The van der Waals surface area contributed by atoms with Crippen LogP contribution in [0.15, 0.2) is 29.3 Å². The zero-order valence-corrected chi connectivity index (χ0v) is 12.2. The van der Waals surface area contributed by atoms with E-state index in [0.29, 0.717) is 13.2 Å². The van der Waals surface area contributed by atoms with Crippen LogP contribution in [0.1, 0.15) is 18.1 Å². The van der Waals surface area contributed by atoms with Gasteiger partial charge in [-0.3, -0.25) is 4.99 Å². The summed E-state index contributed by atoms with van der Waals surface area (Å²) in [7, 11) is 1.69. The van der Waals surface area contributed by atoms with Crippen molar-refractivity contribution in [2.45, 2.75) is 20.3 Å². The first-order chi connectivity index (χ1) is 9.26. The minimum Gasteiger partial charge on any atom is -0.383 e. The highest BCUT2D eigenvalue weighted by atomic mass is 16.5.